The van der Waals surface area contributed by atoms with Crippen molar-refractivity contribution >= 4 is 27.3 Å². The zero-order chi connectivity index (χ0) is 9.47. The van der Waals surface area contributed by atoms with Crippen LogP contribution < -0.4 is 5.73 Å². The molecule has 0 aromatic carbocycles. The first-order chi connectivity index (χ1) is 6.18. The molecule has 1 aliphatic carbocycles. The summed E-state index contributed by atoms with van der Waals surface area (Å²) < 4.78 is 15.2. The van der Waals surface area contributed by atoms with Crippen molar-refractivity contribution in [1.29, 1.82) is 0 Å². The minimum Gasteiger partial charge on any atom is -0.327 e. The van der Waals surface area contributed by atoms with E-state index in [2.05, 4.69) is 15.9 Å². The summed E-state index contributed by atoms with van der Waals surface area (Å²) >= 11 is 4.80. The van der Waals surface area contributed by atoms with Gasteiger partial charge >= 0.3 is 0 Å². The predicted molar refractivity (Wildman–Crippen MR) is 56.6 cm³/mol. The van der Waals surface area contributed by atoms with Gasteiger partial charge in [-0.2, -0.15) is 0 Å². The Balaban J connectivity index is 2.35. The first-order valence-electron chi connectivity index (χ1n) is 4.31. The molecule has 0 aliphatic heterocycles. The molecule has 1 fully saturated rings. The Morgan fingerprint density at radius 2 is 2.38 bits per heavy atom. The molecule has 0 bridgehead atoms. The monoisotopic (exact) mass is 263 g/mol. The quantitative estimate of drug-likeness (QED) is 0.892. The van der Waals surface area contributed by atoms with Gasteiger partial charge in [0.25, 0.3) is 0 Å². The second-order valence-corrected chi connectivity index (χ2v) is 5.21. The van der Waals surface area contributed by atoms with E-state index in [9.17, 15) is 4.39 Å². The second kappa shape index (κ2) is 3.33. The molecule has 0 radical (unpaired) electrons. The van der Waals surface area contributed by atoms with Crippen LogP contribution in [0.5, 0.6) is 0 Å². The van der Waals surface area contributed by atoms with Gasteiger partial charge in [-0.25, -0.2) is 4.39 Å². The van der Waals surface area contributed by atoms with E-state index >= 15 is 0 Å². The van der Waals surface area contributed by atoms with Crippen molar-refractivity contribution in [1.82, 2.24) is 0 Å². The highest BCUT2D eigenvalue weighted by Crippen LogP contribution is 2.51. The van der Waals surface area contributed by atoms with Gasteiger partial charge in [0.1, 0.15) is 0 Å². The lowest BCUT2D eigenvalue weighted by Gasteiger charge is -2.22. The molecular weight excluding hydrogens is 253 g/mol. The molecule has 2 rings (SSSR count). The van der Waals surface area contributed by atoms with Crippen molar-refractivity contribution in [2.45, 2.75) is 18.5 Å². The fourth-order valence-corrected chi connectivity index (χ4v) is 3.46. The van der Waals surface area contributed by atoms with Gasteiger partial charge in [0.15, 0.2) is 5.67 Å². The lowest BCUT2D eigenvalue weighted by atomic mass is 9.98. The smallest absolute Gasteiger partial charge is 0.161 e. The van der Waals surface area contributed by atoms with Gasteiger partial charge in [-0.15, -0.1) is 11.3 Å². The highest BCUT2D eigenvalue weighted by molar-refractivity contribution is 9.10. The van der Waals surface area contributed by atoms with E-state index in [1.54, 1.807) is 0 Å². The zero-order valence-corrected chi connectivity index (χ0v) is 9.50. The molecule has 1 unspecified atom stereocenters. The van der Waals surface area contributed by atoms with Crippen molar-refractivity contribution < 1.29 is 4.39 Å². The minimum atomic E-state index is -1.28. The van der Waals surface area contributed by atoms with Gasteiger partial charge in [-0.05, 0) is 46.1 Å². The number of hydrogen-bond acceptors (Lipinski definition) is 2. The Morgan fingerprint density at radius 3 is 2.77 bits per heavy atom. The number of rotatable bonds is 3. The molecule has 4 heteroatoms. The summed E-state index contributed by atoms with van der Waals surface area (Å²) in [4.78, 5) is 0.762. The van der Waals surface area contributed by atoms with Gasteiger partial charge in [0.05, 0.1) is 4.88 Å². The summed E-state index contributed by atoms with van der Waals surface area (Å²) in [5.74, 6) is 0.146. The zero-order valence-electron chi connectivity index (χ0n) is 7.09. The van der Waals surface area contributed by atoms with E-state index < -0.39 is 5.67 Å². The van der Waals surface area contributed by atoms with Crippen LogP contribution in [0.2, 0.25) is 0 Å². The molecule has 0 spiro atoms. The van der Waals surface area contributed by atoms with E-state index in [4.69, 9.17) is 5.73 Å². The Morgan fingerprint density at radius 1 is 1.69 bits per heavy atom. The lowest BCUT2D eigenvalue weighted by Crippen LogP contribution is -2.32. The van der Waals surface area contributed by atoms with Crippen LogP contribution in [0.3, 0.4) is 0 Å². The number of hydrogen-bond donors (Lipinski definition) is 1. The van der Waals surface area contributed by atoms with E-state index in [1.165, 1.54) is 11.3 Å². The van der Waals surface area contributed by atoms with Crippen molar-refractivity contribution in [3.63, 3.8) is 0 Å². The van der Waals surface area contributed by atoms with E-state index in [1.807, 2.05) is 11.4 Å². The SMILES string of the molecule is NCC(F)(c1sccc1Br)C1CC1. The second-order valence-electron chi connectivity index (χ2n) is 3.44. The topological polar surface area (TPSA) is 26.0 Å². The molecule has 1 heterocycles. The maximum absolute atomic E-state index is 14.4. The molecule has 0 amide bonds. The fraction of sp³-hybridized carbons (Fsp3) is 0.556. The van der Waals surface area contributed by atoms with E-state index in [-0.39, 0.29) is 12.5 Å². The number of halogens is 2. The molecule has 0 saturated heterocycles. The number of thiophene rings is 1. The maximum atomic E-state index is 14.4. The van der Waals surface area contributed by atoms with Crippen LogP contribution in [-0.4, -0.2) is 6.54 Å². The van der Waals surface area contributed by atoms with Crippen LogP contribution in [0.1, 0.15) is 17.7 Å². The Hall–Kier alpha value is 0.0700. The lowest BCUT2D eigenvalue weighted by molar-refractivity contribution is 0.147. The van der Waals surface area contributed by atoms with Crippen molar-refractivity contribution in [2.75, 3.05) is 6.54 Å². The third-order valence-corrected chi connectivity index (χ3v) is 4.51. The minimum absolute atomic E-state index is 0.0940. The highest BCUT2D eigenvalue weighted by atomic mass is 79.9. The summed E-state index contributed by atoms with van der Waals surface area (Å²) in [6, 6.07) is 1.88. The van der Waals surface area contributed by atoms with Gasteiger partial charge in [-0.3, -0.25) is 0 Å². The molecule has 2 N–H and O–H groups in total. The molecule has 1 aliphatic rings. The van der Waals surface area contributed by atoms with Crippen LogP contribution in [0.15, 0.2) is 15.9 Å². The van der Waals surface area contributed by atoms with Gasteiger partial charge in [0.2, 0.25) is 0 Å². The van der Waals surface area contributed by atoms with Crippen molar-refractivity contribution in [3.05, 3.63) is 20.8 Å². The van der Waals surface area contributed by atoms with Crippen molar-refractivity contribution in [2.24, 2.45) is 11.7 Å². The first kappa shape index (κ1) is 9.62. The van der Waals surface area contributed by atoms with Crippen LogP contribution in [0.25, 0.3) is 0 Å². The third kappa shape index (κ3) is 1.55. The predicted octanol–water partition coefficient (Wildman–Crippen LogP) is 3.04. The van der Waals surface area contributed by atoms with E-state index in [0.717, 1.165) is 22.2 Å². The average molecular weight is 264 g/mol. The summed E-state index contributed by atoms with van der Waals surface area (Å²) in [5, 5.41) is 1.89. The maximum Gasteiger partial charge on any atom is 0.161 e. The molecule has 13 heavy (non-hydrogen) atoms. The largest absolute Gasteiger partial charge is 0.327 e. The molecule has 1 nitrogen and oxygen atoms in total. The van der Waals surface area contributed by atoms with Crippen LogP contribution in [0.4, 0.5) is 4.39 Å². The van der Waals surface area contributed by atoms with Crippen molar-refractivity contribution in [3.8, 4) is 0 Å². The Bertz CT molecular complexity index is 310. The van der Waals surface area contributed by atoms with Crippen LogP contribution >= 0.6 is 27.3 Å². The fourth-order valence-electron chi connectivity index (χ4n) is 1.58. The highest BCUT2D eigenvalue weighted by Gasteiger charge is 2.47. The number of alkyl halides is 1. The average Bonchev–Trinajstić information content (AvgIpc) is 2.89. The standard InChI is InChI=1S/C9H11BrFNS/c10-7-3-4-13-8(7)9(11,5-12)6-1-2-6/h3-4,6H,1-2,5,12H2. The molecule has 1 saturated carbocycles. The van der Waals surface area contributed by atoms with Crippen LogP contribution in [-0.2, 0) is 5.67 Å². The first-order valence-corrected chi connectivity index (χ1v) is 5.98. The molecule has 1 aromatic rings. The third-order valence-electron chi connectivity index (χ3n) is 2.52. The summed E-state index contributed by atoms with van der Waals surface area (Å²) in [6.07, 6.45) is 1.94. The molecule has 72 valence electrons. The summed E-state index contributed by atoms with van der Waals surface area (Å²) in [6.45, 7) is 0.0940. The van der Waals surface area contributed by atoms with Gasteiger partial charge in [0, 0.05) is 11.0 Å². The van der Waals surface area contributed by atoms with Gasteiger partial charge in [-0.1, -0.05) is 0 Å². The summed E-state index contributed by atoms with van der Waals surface area (Å²) in [7, 11) is 0. The molecule has 1 aromatic heterocycles. The normalized spacial score (nSPS) is 21.5. The molecule has 1 atom stereocenters. The summed E-state index contributed by atoms with van der Waals surface area (Å²) in [5.41, 5.74) is 4.23. The molecular formula is C9H11BrFNS. The number of nitrogens with two attached hydrogens (primary N) is 1. The Labute approximate surface area is 89.3 Å². The Kier molecular flexibility index (Phi) is 2.47. The van der Waals surface area contributed by atoms with E-state index in [0.29, 0.717) is 0 Å². The van der Waals surface area contributed by atoms with Gasteiger partial charge < -0.3 is 5.73 Å². The van der Waals surface area contributed by atoms with Crippen LogP contribution in [0, 0.1) is 5.92 Å².